The SMILES string of the molecule is O=C(Cn1cc(S(=O)(=O)c2ccc(F)cc2)c2ccccc21)Nc1ccc(Cl)c(Cl)c1. The van der Waals surface area contributed by atoms with Gasteiger partial charge in [-0.15, -0.1) is 0 Å². The number of hydrogen-bond donors (Lipinski definition) is 1. The molecule has 3 aromatic carbocycles. The van der Waals surface area contributed by atoms with E-state index >= 15 is 0 Å². The Kier molecular flexibility index (Phi) is 5.75. The molecule has 4 rings (SSSR count). The van der Waals surface area contributed by atoms with E-state index in [1.807, 2.05) is 0 Å². The van der Waals surface area contributed by atoms with Gasteiger partial charge in [0.25, 0.3) is 0 Å². The van der Waals surface area contributed by atoms with Crippen molar-refractivity contribution in [2.75, 3.05) is 5.32 Å². The molecule has 1 N–H and O–H groups in total. The fourth-order valence-corrected chi connectivity index (χ4v) is 5.00. The zero-order valence-corrected chi connectivity index (χ0v) is 18.2. The molecule has 5 nitrogen and oxygen atoms in total. The van der Waals surface area contributed by atoms with E-state index in [0.29, 0.717) is 26.6 Å². The Morgan fingerprint density at radius 1 is 0.968 bits per heavy atom. The monoisotopic (exact) mass is 476 g/mol. The van der Waals surface area contributed by atoms with Crippen LogP contribution in [0.3, 0.4) is 0 Å². The molecule has 0 aliphatic heterocycles. The zero-order chi connectivity index (χ0) is 22.2. The van der Waals surface area contributed by atoms with Crippen LogP contribution in [0.5, 0.6) is 0 Å². The molecule has 1 aromatic heterocycles. The number of para-hydroxylation sites is 1. The van der Waals surface area contributed by atoms with Crippen LogP contribution in [0.1, 0.15) is 0 Å². The minimum absolute atomic E-state index is 0.0305. The van der Waals surface area contributed by atoms with Crippen LogP contribution in [0, 0.1) is 5.82 Å². The lowest BCUT2D eigenvalue weighted by molar-refractivity contribution is -0.116. The molecule has 158 valence electrons. The van der Waals surface area contributed by atoms with Crippen molar-refractivity contribution in [2.45, 2.75) is 16.3 Å². The third kappa shape index (κ3) is 4.30. The summed E-state index contributed by atoms with van der Waals surface area (Å²) in [6.45, 7) is -0.125. The van der Waals surface area contributed by atoms with E-state index in [-0.39, 0.29) is 22.2 Å². The first-order valence-electron chi connectivity index (χ1n) is 9.09. The average molecular weight is 477 g/mol. The smallest absolute Gasteiger partial charge is 0.244 e. The van der Waals surface area contributed by atoms with Crippen molar-refractivity contribution < 1.29 is 17.6 Å². The van der Waals surface area contributed by atoms with Crippen molar-refractivity contribution in [1.82, 2.24) is 4.57 Å². The zero-order valence-electron chi connectivity index (χ0n) is 15.8. The quantitative estimate of drug-likeness (QED) is 0.383. The van der Waals surface area contributed by atoms with Crippen molar-refractivity contribution in [1.29, 1.82) is 0 Å². The van der Waals surface area contributed by atoms with E-state index in [4.69, 9.17) is 23.2 Å². The number of aromatic nitrogens is 1. The fraction of sp³-hybridized carbons (Fsp3) is 0.0455. The molecule has 0 atom stereocenters. The van der Waals surface area contributed by atoms with Gasteiger partial charge in [0.05, 0.1) is 19.8 Å². The van der Waals surface area contributed by atoms with E-state index in [1.165, 1.54) is 24.4 Å². The normalized spacial score (nSPS) is 11.6. The van der Waals surface area contributed by atoms with E-state index in [9.17, 15) is 17.6 Å². The van der Waals surface area contributed by atoms with E-state index < -0.39 is 15.7 Å². The molecular formula is C22H15Cl2FN2O3S. The second-order valence-electron chi connectivity index (χ2n) is 6.77. The van der Waals surface area contributed by atoms with Crippen LogP contribution in [-0.2, 0) is 21.2 Å². The maximum atomic E-state index is 13.2. The molecule has 0 fully saturated rings. The molecule has 0 saturated heterocycles. The summed E-state index contributed by atoms with van der Waals surface area (Å²) in [4.78, 5) is 12.6. The predicted octanol–water partition coefficient (Wildman–Crippen LogP) is 5.56. The van der Waals surface area contributed by atoms with Crippen molar-refractivity contribution in [2.24, 2.45) is 0 Å². The number of carbonyl (C=O) groups excluding carboxylic acids is 1. The van der Waals surface area contributed by atoms with Crippen LogP contribution < -0.4 is 5.32 Å². The first-order chi connectivity index (χ1) is 14.8. The molecule has 0 aliphatic rings. The number of anilines is 1. The van der Waals surface area contributed by atoms with Gasteiger partial charge in [-0.05, 0) is 48.5 Å². The number of benzene rings is 3. The maximum absolute atomic E-state index is 13.2. The van der Waals surface area contributed by atoms with Gasteiger partial charge in [-0.1, -0.05) is 41.4 Å². The molecule has 0 saturated carbocycles. The lowest BCUT2D eigenvalue weighted by Crippen LogP contribution is -2.18. The van der Waals surface area contributed by atoms with Gasteiger partial charge in [0, 0.05) is 22.8 Å². The van der Waals surface area contributed by atoms with Crippen LogP contribution >= 0.6 is 23.2 Å². The summed E-state index contributed by atoms with van der Waals surface area (Å²) in [5.74, 6) is -0.898. The van der Waals surface area contributed by atoms with Crippen LogP contribution in [0.25, 0.3) is 10.9 Å². The number of amides is 1. The Balaban J connectivity index is 1.69. The molecule has 1 heterocycles. The van der Waals surface area contributed by atoms with E-state index in [2.05, 4.69) is 5.32 Å². The van der Waals surface area contributed by atoms with Gasteiger partial charge >= 0.3 is 0 Å². The summed E-state index contributed by atoms with van der Waals surface area (Å²) in [6.07, 6.45) is 1.41. The summed E-state index contributed by atoms with van der Waals surface area (Å²) < 4.78 is 41.1. The number of hydrogen-bond acceptors (Lipinski definition) is 3. The van der Waals surface area contributed by atoms with Gasteiger partial charge in [-0.25, -0.2) is 12.8 Å². The average Bonchev–Trinajstić information content (AvgIpc) is 3.10. The van der Waals surface area contributed by atoms with Crippen molar-refractivity contribution in [3.63, 3.8) is 0 Å². The molecule has 4 aromatic rings. The lowest BCUT2D eigenvalue weighted by atomic mass is 10.2. The molecule has 1 amide bonds. The lowest BCUT2D eigenvalue weighted by Gasteiger charge is -2.08. The number of fused-ring (bicyclic) bond motifs is 1. The van der Waals surface area contributed by atoms with Gasteiger partial charge in [0.1, 0.15) is 12.4 Å². The van der Waals surface area contributed by atoms with Crippen LogP contribution in [0.2, 0.25) is 10.0 Å². The highest BCUT2D eigenvalue weighted by molar-refractivity contribution is 7.91. The highest BCUT2D eigenvalue weighted by Gasteiger charge is 2.24. The van der Waals surface area contributed by atoms with E-state index in [1.54, 1.807) is 41.0 Å². The van der Waals surface area contributed by atoms with Crippen LogP contribution in [0.15, 0.2) is 82.7 Å². The third-order valence-corrected chi connectivity index (χ3v) is 7.22. The number of sulfone groups is 1. The van der Waals surface area contributed by atoms with Gasteiger partial charge in [0.2, 0.25) is 15.7 Å². The highest BCUT2D eigenvalue weighted by Crippen LogP contribution is 2.30. The van der Waals surface area contributed by atoms with Crippen molar-refractivity contribution in [3.05, 3.63) is 88.8 Å². The minimum atomic E-state index is -3.92. The summed E-state index contributed by atoms with van der Waals surface area (Å²) in [6, 6.07) is 16.2. The number of halogens is 3. The van der Waals surface area contributed by atoms with Crippen molar-refractivity contribution >= 4 is 55.5 Å². The topological polar surface area (TPSA) is 68.2 Å². The van der Waals surface area contributed by atoms with Gasteiger partial charge < -0.3 is 9.88 Å². The Hall–Kier alpha value is -2.87. The first-order valence-corrected chi connectivity index (χ1v) is 11.3. The molecule has 0 spiro atoms. The summed E-state index contributed by atoms with van der Waals surface area (Å²) in [5, 5.41) is 3.85. The largest absolute Gasteiger partial charge is 0.337 e. The Labute approximate surface area is 187 Å². The van der Waals surface area contributed by atoms with Crippen LogP contribution in [0.4, 0.5) is 10.1 Å². The Morgan fingerprint density at radius 3 is 2.39 bits per heavy atom. The molecule has 0 unspecified atom stereocenters. The fourth-order valence-electron chi connectivity index (χ4n) is 3.23. The summed E-state index contributed by atoms with van der Waals surface area (Å²) >= 11 is 11.9. The molecule has 31 heavy (non-hydrogen) atoms. The number of rotatable bonds is 5. The standard InChI is InChI=1S/C22H15Cl2FN2O3S/c23-18-10-7-15(11-19(18)24)26-22(28)13-27-12-21(17-3-1-2-4-20(17)27)31(29,30)16-8-5-14(25)6-9-16/h1-12H,13H2,(H,26,28). The number of carbonyl (C=O) groups is 1. The highest BCUT2D eigenvalue weighted by atomic mass is 35.5. The van der Waals surface area contributed by atoms with Gasteiger partial charge in [-0.2, -0.15) is 0 Å². The predicted molar refractivity (Wildman–Crippen MR) is 119 cm³/mol. The summed E-state index contributed by atoms with van der Waals surface area (Å²) in [7, 11) is -3.92. The van der Waals surface area contributed by atoms with Gasteiger partial charge in [0.15, 0.2) is 0 Å². The Bertz CT molecular complexity index is 1400. The van der Waals surface area contributed by atoms with E-state index in [0.717, 1.165) is 12.1 Å². The number of nitrogens with zero attached hydrogens (tertiary/aromatic N) is 1. The second kappa shape index (κ2) is 8.34. The molecule has 9 heteroatoms. The molecule has 0 radical (unpaired) electrons. The molecule has 0 bridgehead atoms. The molecular weight excluding hydrogens is 462 g/mol. The van der Waals surface area contributed by atoms with Gasteiger partial charge in [-0.3, -0.25) is 4.79 Å². The maximum Gasteiger partial charge on any atom is 0.244 e. The molecule has 0 aliphatic carbocycles. The first kappa shape index (κ1) is 21.4. The van der Waals surface area contributed by atoms with Crippen molar-refractivity contribution in [3.8, 4) is 0 Å². The third-order valence-electron chi connectivity index (χ3n) is 4.68. The second-order valence-corrected chi connectivity index (χ2v) is 9.51. The van der Waals surface area contributed by atoms with Crippen LogP contribution in [-0.4, -0.2) is 18.9 Å². The Morgan fingerprint density at radius 2 is 1.68 bits per heavy atom. The number of nitrogens with one attached hydrogen (secondary N) is 1. The summed E-state index contributed by atoms with van der Waals surface area (Å²) in [5.41, 5.74) is 1.04. The minimum Gasteiger partial charge on any atom is -0.337 e.